The van der Waals surface area contributed by atoms with Crippen LogP contribution in [-0.2, 0) is 25.5 Å². The Bertz CT molecular complexity index is 1080. The van der Waals surface area contributed by atoms with Crippen LogP contribution in [0.25, 0.3) is 0 Å². The number of aliphatic hydroxyl groups is 1. The number of allylic oxidation sites excluding steroid dienone is 1. The van der Waals surface area contributed by atoms with E-state index in [0.29, 0.717) is 18.8 Å². The molecule has 0 saturated carbocycles. The summed E-state index contributed by atoms with van der Waals surface area (Å²) in [6.45, 7) is 8.73. The molecular weight excluding hydrogens is 631 g/mol. The quantitative estimate of drug-likeness (QED) is 0.0491. The third-order valence-electron chi connectivity index (χ3n) is 7.94. The van der Waals surface area contributed by atoms with E-state index < -0.39 is 54.0 Å². The SMILES string of the molecule is CCCCCCCSCCCCCC/C=C/[C@H](C(=O)N[C@@H](Cc1ccc(OCCCC)cc1)C(N)=O)[C@@](O)(CCF)C(=O)OC(C)(C)C. The van der Waals surface area contributed by atoms with E-state index in [-0.39, 0.29) is 6.42 Å². The van der Waals surface area contributed by atoms with E-state index in [0.717, 1.165) is 49.8 Å². The molecule has 1 aromatic carbocycles. The Morgan fingerprint density at radius 2 is 1.54 bits per heavy atom. The second-order valence-electron chi connectivity index (χ2n) is 13.5. The number of nitrogens with one attached hydrogen (secondary N) is 1. The molecule has 1 rings (SSSR count). The summed E-state index contributed by atoms with van der Waals surface area (Å²) < 4.78 is 24.9. The van der Waals surface area contributed by atoms with Crippen molar-refractivity contribution in [1.29, 1.82) is 0 Å². The first-order valence-corrected chi connectivity index (χ1v) is 19.1. The van der Waals surface area contributed by atoms with Gasteiger partial charge in [-0.3, -0.25) is 14.0 Å². The number of rotatable bonds is 27. The number of alkyl halides is 1. The van der Waals surface area contributed by atoms with Gasteiger partial charge in [0, 0.05) is 12.8 Å². The van der Waals surface area contributed by atoms with Gasteiger partial charge in [0.2, 0.25) is 11.8 Å². The summed E-state index contributed by atoms with van der Waals surface area (Å²) in [5.74, 6) is -1.15. The van der Waals surface area contributed by atoms with Crippen LogP contribution in [0.15, 0.2) is 36.4 Å². The Morgan fingerprint density at radius 3 is 2.10 bits per heavy atom. The minimum absolute atomic E-state index is 0.0812. The van der Waals surface area contributed by atoms with Crippen LogP contribution in [0.3, 0.4) is 0 Å². The summed E-state index contributed by atoms with van der Waals surface area (Å²) in [6, 6.07) is 6.01. The van der Waals surface area contributed by atoms with E-state index in [9.17, 15) is 23.9 Å². The Morgan fingerprint density at radius 1 is 0.938 bits per heavy atom. The van der Waals surface area contributed by atoms with Gasteiger partial charge < -0.3 is 25.6 Å². The number of carbonyl (C=O) groups is 3. The Kier molecular flexibility index (Phi) is 22.2. The van der Waals surface area contributed by atoms with Crippen molar-refractivity contribution in [1.82, 2.24) is 5.32 Å². The Balaban J connectivity index is 2.93. The molecule has 3 atom stereocenters. The highest BCUT2D eigenvalue weighted by Crippen LogP contribution is 2.29. The smallest absolute Gasteiger partial charge is 0.339 e. The zero-order valence-electron chi connectivity index (χ0n) is 30.2. The summed E-state index contributed by atoms with van der Waals surface area (Å²) in [5.41, 5.74) is 2.93. The number of benzene rings is 1. The van der Waals surface area contributed by atoms with Crippen LogP contribution in [0, 0.1) is 5.92 Å². The molecule has 48 heavy (non-hydrogen) atoms. The normalized spacial score (nSPS) is 14.3. The largest absolute Gasteiger partial charge is 0.494 e. The summed E-state index contributed by atoms with van der Waals surface area (Å²) in [6.07, 6.45) is 15.8. The van der Waals surface area contributed by atoms with Crippen molar-refractivity contribution >= 4 is 29.5 Å². The van der Waals surface area contributed by atoms with Crippen molar-refractivity contribution in [2.75, 3.05) is 24.8 Å². The van der Waals surface area contributed by atoms with Crippen molar-refractivity contribution in [3.63, 3.8) is 0 Å². The van der Waals surface area contributed by atoms with Crippen LogP contribution >= 0.6 is 11.8 Å². The summed E-state index contributed by atoms with van der Waals surface area (Å²) in [4.78, 5) is 39.4. The van der Waals surface area contributed by atoms with E-state index in [1.807, 2.05) is 11.8 Å². The van der Waals surface area contributed by atoms with E-state index in [2.05, 4.69) is 19.2 Å². The predicted molar refractivity (Wildman–Crippen MR) is 195 cm³/mol. The molecule has 0 fully saturated rings. The lowest BCUT2D eigenvalue weighted by atomic mass is 9.82. The second kappa shape index (κ2) is 24.5. The third kappa shape index (κ3) is 18.2. The Hall–Kier alpha value is -2.59. The second-order valence-corrected chi connectivity index (χ2v) is 14.7. The molecular formula is C38H63FN2O6S. The van der Waals surface area contributed by atoms with Crippen molar-refractivity contribution < 1.29 is 33.4 Å². The molecule has 0 radical (unpaired) electrons. The van der Waals surface area contributed by atoms with E-state index in [1.54, 1.807) is 51.1 Å². The fraction of sp³-hybridized carbons (Fsp3) is 0.711. The van der Waals surface area contributed by atoms with E-state index in [4.69, 9.17) is 15.2 Å². The number of nitrogens with two attached hydrogens (primary N) is 1. The van der Waals surface area contributed by atoms with Gasteiger partial charge >= 0.3 is 5.97 Å². The van der Waals surface area contributed by atoms with Gasteiger partial charge in [-0.1, -0.05) is 83.1 Å². The summed E-state index contributed by atoms with van der Waals surface area (Å²) >= 11 is 2.01. The van der Waals surface area contributed by atoms with Crippen LogP contribution in [0.4, 0.5) is 4.39 Å². The van der Waals surface area contributed by atoms with Gasteiger partial charge in [-0.2, -0.15) is 11.8 Å². The number of amides is 2. The van der Waals surface area contributed by atoms with Crippen LogP contribution in [0.2, 0.25) is 0 Å². The van der Waals surface area contributed by atoms with Gasteiger partial charge in [0.05, 0.1) is 19.2 Å². The number of carbonyl (C=O) groups excluding carboxylic acids is 3. The zero-order valence-corrected chi connectivity index (χ0v) is 31.0. The lowest BCUT2D eigenvalue weighted by Gasteiger charge is -2.34. The van der Waals surface area contributed by atoms with Gasteiger partial charge in [-0.15, -0.1) is 0 Å². The van der Waals surface area contributed by atoms with Gasteiger partial charge in [0.15, 0.2) is 5.60 Å². The van der Waals surface area contributed by atoms with Gasteiger partial charge in [0.25, 0.3) is 0 Å². The molecule has 0 unspecified atom stereocenters. The minimum Gasteiger partial charge on any atom is -0.494 e. The molecule has 2 amide bonds. The summed E-state index contributed by atoms with van der Waals surface area (Å²) in [7, 11) is 0. The van der Waals surface area contributed by atoms with Gasteiger partial charge in [0.1, 0.15) is 17.4 Å². The first-order chi connectivity index (χ1) is 22.9. The van der Waals surface area contributed by atoms with Crippen molar-refractivity contribution in [2.24, 2.45) is 11.7 Å². The number of primary amides is 1. The lowest BCUT2D eigenvalue weighted by Crippen LogP contribution is -2.57. The maximum atomic E-state index is 13.8. The number of hydrogen-bond donors (Lipinski definition) is 3. The number of unbranched alkanes of at least 4 members (excludes halogenated alkanes) is 9. The fourth-order valence-corrected chi connectivity index (χ4v) is 6.12. The molecule has 1 aromatic rings. The highest BCUT2D eigenvalue weighted by molar-refractivity contribution is 7.99. The number of hydrogen-bond acceptors (Lipinski definition) is 7. The monoisotopic (exact) mass is 694 g/mol. The predicted octanol–water partition coefficient (Wildman–Crippen LogP) is 7.64. The van der Waals surface area contributed by atoms with Crippen molar-refractivity contribution in [3.05, 3.63) is 42.0 Å². The molecule has 0 bridgehead atoms. The van der Waals surface area contributed by atoms with Crippen LogP contribution in [0.5, 0.6) is 5.75 Å². The summed E-state index contributed by atoms with van der Waals surface area (Å²) in [5, 5.41) is 14.2. The maximum absolute atomic E-state index is 13.8. The average Bonchev–Trinajstić information content (AvgIpc) is 3.02. The molecule has 0 spiro atoms. The molecule has 0 aliphatic rings. The molecule has 8 nitrogen and oxygen atoms in total. The first kappa shape index (κ1) is 43.4. The number of thioether (sulfide) groups is 1. The maximum Gasteiger partial charge on any atom is 0.339 e. The van der Waals surface area contributed by atoms with Crippen LogP contribution in [-0.4, -0.2) is 64.9 Å². The Labute approximate surface area is 293 Å². The average molecular weight is 695 g/mol. The van der Waals surface area contributed by atoms with Crippen LogP contribution < -0.4 is 15.8 Å². The molecule has 0 heterocycles. The third-order valence-corrected chi connectivity index (χ3v) is 9.10. The molecule has 0 aliphatic heterocycles. The van der Waals surface area contributed by atoms with E-state index >= 15 is 0 Å². The molecule has 0 saturated heterocycles. The van der Waals surface area contributed by atoms with Gasteiger partial charge in [-0.25, -0.2) is 4.79 Å². The number of ether oxygens (including phenoxy) is 2. The minimum atomic E-state index is -2.49. The zero-order chi connectivity index (χ0) is 35.8. The van der Waals surface area contributed by atoms with E-state index in [1.165, 1.54) is 43.9 Å². The lowest BCUT2D eigenvalue weighted by molar-refractivity contribution is -0.184. The molecule has 0 aromatic heterocycles. The van der Waals surface area contributed by atoms with Crippen LogP contribution in [0.1, 0.15) is 124 Å². The highest BCUT2D eigenvalue weighted by Gasteiger charge is 2.49. The fourth-order valence-electron chi connectivity index (χ4n) is 5.10. The first-order valence-electron chi connectivity index (χ1n) is 18.0. The van der Waals surface area contributed by atoms with Crippen molar-refractivity contribution in [3.8, 4) is 5.75 Å². The number of halogens is 1. The standard InChI is InChI=1S/C38H63FN2O6S/c1-6-8-10-14-17-27-48-28-18-15-12-11-13-16-19-32(38(45,24-25-39)36(44)47-37(3,4)5)35(43)41-33(34(40)42)29-30-20-22-31(23-21-30)46-26-9-7-2/h16,19-23,32-33,45H,6-15,17-18,24-29H2,1-5H3,(H2,40,42)(H,41,43)/b19-16+/t32-,33+,38+/m1/s1. The molecule has 274 valence electrons. The van der Waals surface area contributed by atoms with Crippen molar-refractivity contribution in [2.45, 2.75) is 142 Å². The molecule has 10 heteroatoms. The highest BCUT2D eigenvalue weighted by atomic mass is 32.2. The van der Waals surface area contributed by atoms with Gasteiger partial charge in [-0.05, 0) is 82.1 Å². The molecule has 4 N–H and O–H groups in total. The topological polar surface area (TPSA) is 128 Å². The number of esters is 1. The molecule has 0 aliphatic carbocycles.